The van der Waals surface area contributed by atoms with E-state index in [2.05, 4.69) is 15.0 Å². The van der Waals surface area contributed by atoms with Crippen molar-refractivity contribution in [3.05, 3.63) is 39.8 Å². The number of amides is 1. The maximum absolute atomic E-state index is 11.9. The number of nitrogens with one attached hydrogen (secondary N) is 1. The molecule has 0 spiro atoms. The first-order chi connectivity index (χ1) is 11.1. The maximum atomic E-state index is 11.9. The van der Waals surface area contributed by atoms with E-state index in [1.54, 1.807) is 13.0 Å². The number of carbonyl (C=O) groups is 2. The van der Waals surface area contributed by atoms with Crippen molar-refractivity contribution in [3.8, 4) is 0 Å². The van der Waals surface area contributed by atoms with Crippen LogP contribution in [0.25, 0.3) is 6.08 Å². The van der Waals surface area contributed by atoms with Crippen molar-refractivity contribution in [2.75, 3.05) is 12.4 Å². The SMILES string of the molecule is COC(=O)c1cc(C=CC(=O)Nc2nc3c(s2)CCC3)oc1C. The van der Waals surface area contributed by atoms with E-state index >= 15 is 0 Å². The Morgan fingerprint density at radius 1 is 1.43 bits per heavy atom. The molecule has 2 aromatic rings. The van der Waals surface area contributed by atoms with Gasteiger partial charge in [0.05, 0.1) is 12.8 Å². The number of thiazole rings is 1. The molecule has 1 N–H and O–H groups in total. The number of ether oxygens (including phenoxy) is 1. The quantitative estimate of drug-likeness (QED) is 0.687. The number of rotatable bonds is 4. The Labute approximate surface area is 137 Å². The molecule has 2 heterocycles. The monoisotopic (exact) mass is 332 g/mol. The van der Waals surface area contributed by atoms with Crippen LogP contribution < -0.4 is 5.32 Å². The first kappa shape index (κ1) is 15.5. The summed E-state index contributed by atoms with van der Waals surface area (Å²) < 4.78 is 10.1. The Bertz CT molecular complexity index is 767. The average Bonchev–Trinajstić information content (AvgIpc) is 3.19. The zero-order chi connectivity index (χ0) is 16.4. The molecule has 0 saturated carbocycles. The lowest BCUT2D eigenvalue weighted by molar-refractivity contribution is -0.111. The number of aryl methyl sites for hydroxylation is 3. The smallest absolute Gasteiger partial charge is 0.341 e. The molecule has 1 aliphatic carbocycles. The van der Waals surface area contributed by atoms with Gasteiger partial charge in [0.1, 0.15) is 17.1 Å². The highest BCUT2D eigenvalue weighted by molar-refractivity contribution is 7.15. The van der Waals surface area contributed by atoms with Gasteiger partial charge in [0.15, 0.2) is 5.13 Å². The zero-order valence-corrected chi connectivity index (χ0v) is 13.7. The van der Waals surface area contributed by atoms with Gasteiger partial charge in [-0.25, -0.2) is 9.78 Å². The summed E-state index contributed by atoms with van der Waals surface area (Å²) in [7, 11) is 1.31. The summed E-state index contributed by atoms with van der Waals surface area (Å²) in [6.45, 7) is 1.67. The molecule has 23 heavy (non-hydrogen) atoms. The molecule has 7 heteroatoms. The van der Waals surface area contributed by atoms with E-state index < -0.39 is 5.97 Å². The molecule has 1 amide bonds. The van der Waals surface area contributed by atoms with E-state index in [0.29, 0.717) is 22.2 Å². The highest BCUT2D eigenvalue weighted by Gasteiger charge is 2.17. The van der Waals surface area contributed by atoms with Crippen LogP contribution in [0.2, 0.25) is 0 Å². The van der Waals surface area contributed by atoms with E-state index in [0.717, 1.165) is 25.0 Å². The van der Waals surface area contributed by atoms with Crippen LogP contribution in [0.3, 0.4) is 0 Å². The Morgan fingerprint density at radius 3 is 3.00 bits per heavy atom. The van der Waals surface area contributed by atoms with Crippen LogP contribution in [-0.2, 0) is 22.4 Å². The predicted molar refractivity (Wildman–Crippen MR) is 86.6 cm³/mol. The first-order valence-electron chi connectivity index (χ1n) is 7.23. The number of furan rings is 1. The largest absolute Gasteiger partial charge is 0.465 e. The van der Waals surface area contributed by atoms with Crippen molar-refractivity contribution < 1.29 is 18.7 Å². The van der Waals surface area contributed by atoms with E-state index in [1.807, 2.05) is 0 Å². The van der Waals surface area contributed by atoms with E-state index in [9.17, 15) is 9.59 Å². The third-order valence-electron chi connectivity index (χ3n) is 3.57. The average molecular weight is 332 g/mol. The van der Waals surface area contributed by atoms with Crippen molar-refractivity contribution in [2.45, 2.75) is 26.2 Å². The second-order valence-corrected chi connectivity index (χ2v) is 6.26. The Morgan fingerprint density at radius 2 is 2.26 bits per heavy atom. The molecule has 0 aromatic carbocycles. The number of esters is 1. The molecule has 1 aliphatic rings. The third kappa shape index (κ3) is 3.34. The van der Waals surface area contributed by atoms with Crippen LogP contribution in [0.1, 0.15) is 38.9 Å². The van der Waals surface area contributed by atoms with E-state index in [-0.39, 0.29) is 5.91 Å². The molecule has 0 atom stereocenters. The van der Waals surface area contributed by atoms with Crippen molar-refractivity contribution in [2.24, 2.45) is 0 Å². The lowest BCUT2D eigenvalue weighted by Gasteiger charge is -1.95. The Kier molecular flexibility index (Phi) is 4.29. The fourth-order valence-corrected chi connectivity index (χ4v) is 3.50. The summed E-state index contributed by atoms with van der Waals surface area (Å²) in [5, 5.41) is 3.37. The number of hydrogen-bond acceptors (Lipinski definition) is 6. The molecule has 6 nitrogen and oxygen atoms in total. The van der Waals surface area contributed by atoms with E-state index in [4.69, 9.17) is 4.42 Å². The predicted octanol–water partition coefficient (Wildman–Crippen LogP) is 2.97. The summed E-state index contributed by atoms with van der Waals surface area (Å²) in [6.07, 6.45) is 6.03. The summed E-state index contributed by atoms with van der Waals surface area (Å²) in [6, 6.07) is 1.54. The van der Waals surface area contributed by atoms with Crippen molar-refractivity contribution in [1.29, 1.82) is 0 Å². The second-order valence-electron chi connectivity index (χ2n) is 5.18. The van der Waals surface area contributed by atoms with Crippen LogP contribution in [-0.4, -0.2) is 24.0 Å². The minimum Gasteiger partial charge on any atom is -0.465 e. The summed E-state index contributed by atoms with van der Waals surface area (Å²) in [5.41, 5.74) is 1.45. The van der Waals surface area contributed by atoms with Gasteiger partial charge in [-0.05, 0) is 38.3 Å². The number of methoxy groups -OCH3 is 1. The van der Waals surface area contributed by atoms with Gasteiger partial charge in [0.2, 0.25) is 5.91 Å². The topological polar surface area (TPSA) is 81.4 Å². The van der Waals surface area contributed by atoms with Gasteiger partial charge in [-0.2, -0.15) is 0 Å². The molecule has 0 unspecified atom stereocenters. The Hall–Kier alpha value is -2.41. The van der Waals surface area contributed by atoms with Crippen LogP contribution in [0, 0.1) is 6.92 Å². The van der Waals surface area contributed by atoms with E-state index in [1.165, 1.54) is 35.5 Å². The van der Waals surface area contributed by atoms with Gasteiger partial charge in [-0.3, -0.25) is 10.1 Å². The van der Waals surface area contributed by atoms with Gasteiger partial charge < -0.3 is 9.15 Å². The first-order valence-corrected chi connectivity index (χ1v) is 8.05. The molecule has 0 fully saturated rings. The van der Waals surface area contributed by atoms with Crippen molar-refractivity contribution >= 4 is 34.4 Å². The molecule has 0 bridgehead atoms. The van der Waals surface area contributed by atoms with Gasteiger partial charge >= 0.3 is 5.97 Å². The van der Waals surface area contributed by atoms with Crippen LogP contribution in [0.15, 0.2) is 16.6 Å². The normalized spacial score (nSPS) is 13.3. The summed E-state index contributed by atoms with van der Waals surface area (Å²) in [4.78, 5) is 29.1. The molecule has 3 rings (SSSR count). The maximum Gasteiger partial charge on any atom is 0.341 e. The van der Waals surface area contributed by atoms with Crippen molar-refractivity contribution in [1.82, 2.24) is 4.98 Å². The standard InChI is InChI=1S/C16H16N2O4S/c1-9-11(15(20)21-2)8-10(22-9)6-7-14(19)18-16-17-12-4-3-5-13(12)23-16/h6-8H,3-5H2,1-2H3,(H,17,18,19). The lowest BCUT2D eigenvalue weighted by Crippen LogP contribution is -2.07. The highest BCUT2D eigenvalue weighted by Crippen LogP contribution is 2.30. The number of anilines is 1. The minimum absolute atomic E-state index is 0.286. The van der Waals surface area contributed by atoms with Gasteiger partial charge in [-0.1, -0.05) is 0 Å². The van der Waals surface area contributed by atoms with Gasteiger partial charge in [-0.15, -0.1) is 11.3 Å². The fourth-order valence-electron chi connectivity index (χ4n) is 2.45. The van der Waals surface area contributed by atoms with Gasteiger partial charge in [0, 0.05) is 11.0 Å². The minimum atomic E-state index is -0.465. The molecule has 2 aromatic heterocycles. The Balaban J connectivity index is 1.65. The van der Waals surface area contributed by atoms with Crippen LogP contribution in [0.4, 0.5) is 5.13 Å². The number of fused-ring (bicyclic) bond motifs is 1. The number of aromatic nitrogens is 1. The molecule has 0 radical (unpaired) electrons. The third-order valence-corrected chi connectivity index (χ3v) is 4.64. The molecular weight excluding hydrogens is 316 g/mol. The number of carbonyl (C=O) groups excluding carboxylic acids is 2. The zero-order valence-electron chi connectivity index (χ0n) is 12.8. The molecule has 0 aliphatic heterocycles. The highest BCUT2D eigenvalue weighted by atomic mass is 32.1. The molecular formula is C16H16N2O4S. The molecule has 120 valence electrons. The van der Waals surface area contributed by atoms with Crippen molar-refractivity contribution in [3.63, 3.8) is 0 Å². The van der Waals surface area contributed by atoms with Crippen LogP contribution in [0.5, 0.6) is 0 Å². The lowest BCUT2D eigenvalue weighted by atomic mass is 10.2. The fraction of sp³-hybridized carbons (Fsp3) is 0.312. The summed E-state index contributed by atoms with van der Waals surface area (Å²) >= 11 is 1.52. The number of nitrogens with zero attached hydrogens (tertiary/aromatic N) is 1. The van der Waals surface area contributed by atoms with Gasteiger partial charge in [0.25, 0.3) is 0 Å². The van der Waals surface area contributed by atoms with Crippen LogP contribution >= 0.6 is 11.3 Å². The second kappa shape index (κ2) is 6.37. The molecule has 0 saturated heterocycles. The number of hydrogen-bond donors (Lipinski definition) is 1. The summed E-state index contributed by atoms with van der Waals surface area (Å²) in [5.74, 6) is 0.117.